The van der Waals surface area contributed by atoms with Crippen molar-refractivity contribution in [2.24, 2.45) is 22.8 Å². The Balaban J connectivity index is 0.000000149. The number of likely N-dealkylation sites (tertiary alicyclic amines) is 1. The van der Waals surface area contributed by atoms with Crippen molar-refractivity contribution < 1.29 is 19.2 Å². The van der Waals surface area contributed by atoms with Crippen LogP contribution in [0.4, 0.5) is 0 Å². The first-order chi connectivity index (χ1) is 22.3. The van der Waals surface area contributed by atoms with Gasteiger partial charge in [0, 0.05) is 47.9 Å². The number of aromatic nitrogens is 2. The molecule has 7 rings (SSSR count). The predicted octanol–water partition coefficient (Wildman–Crippen LogP) is 4.03. The minimum absolute atomic E-state index is 0.0507. The number of hydrogen-bond acceptors (Lipinski definition) is 8. The monoisotopic (exact) mass is 614 g/mol. The van der Waals surface area contributed by atoms with Crippen LogP contribution in [0.3, 0.4) is 0 Å². The van der Waals surface area contributed by atoms with Crippen molar-refractivity contribution in [3.8, 4) is 0 Å². The highest BCUT2D eigenvalue weighted by molar-refractivity contribution is 6.13. The molecule has 2 N–H and O–H groups in total. The standard InChI is InChI=1S/C18H16N2O2.C11H9NO2.C7H9N3/c1-18(13-8-5-9-19-10-13)14-15(18)17(22)20(16(14)21)11-12-6-3-2-4-7-12;13-10-6-7-11(14)12(10)8-9-4-2-1-3-5-9;1-6(10-8)7-3-2-4-9-5-7/h2-10,14-15H,11H2,1H3;1-7H,8H2;2-5H,8H2,1H3. The fourth-order valence-electron chi connectivity index (χ4n) is 5.72. The highest BCUT2D eigenvalue weighted by atomic mass is 16.2. The zero-order valence-electron chi connectivity index (χ0n) is 25.6. The molecule has 2 unspecified atom stereocenters. The number of rotatable bonds is 6. The molecule has 1 aliphatic carbocycles. The number of pyridine rings is 2. The topological polar surface area (TPSA) is 139 Å². The number of amides is 4. The Morgan fingerprint density at radius 3 is 1.67 bits per heavy atom. The zero-order valence-corrected chi connectivity index (χ0v) is 25.6. The van der Waals surface area contributed by atoms with Crippen molar-refractivity contribution in [1.82, 2.24) is 19.8 Å². The average molecular weight is 615 g/mol. The molecular formula is C36H34N6O4. The van der Waals surface area contributed by atoms with E-state index in [4.69, 9.17) is 5.84 Å². The Hall–Kier alpha value is -5.77. The Morgan fingerprint density at radius 1 is 0.717 bits per heavy atom. The van der Waals surface area contributed by atoms with Crippen molar-refractivity contribution >= 4 is 29.3 Å². The Bertz CT molecular complexity index is 1720. The maximum Gasteiger partial charge on any atom is 0.253 e. The molecule has 46 heavy (non-hydrogen) atoms. The molecule has 232 valence electrons. The third-order valence-electron chi connectivity index (χ3n) is 8.40. The van der Waals surface area contributed by atoms with Gasteiger partial charge in [-0.3, -0.25) is 38.9 Å². The highest BCUT2D eigenvalue weighted by Gasteiger charge is 2.75. The molecule has 0 spiro atoms. The van der Waals surface area contributed by atoms with Crippen LogP contribution in [0.15, 0.2) is 127 Å². The summed E-state index contributed by atoms with van der Waals surface area (Å²) >= 11 is 0. The lowest BCUT2D eigenvalue weighted by Gasteiger charge is -2.23. The fourth-order valence-corrected chi connectivity index (χ4v) is 5.72. The number of nitrogens with two attached hydrogens (primary N) is 1. The van der Waals surface area contributed by atoms with Crippen molar-refractivity contribution in [2.45, 2.75) is 32.4 Å². The van der Waals surface area contributed by atoms with Gasteiger partial charge in [-0.15, -0.1) is 0 Å². The average Bonchev–Trinajstić information content (AvgIpc) is 3.52. The van der Waals surface area contributed by atoms with Crippen LogP contribution >= 0.6 is 0 Å². The number of benzene rings is 2. The maximum absolute atomic E-state index is 12.6. The number of fused-ring (bicyclic) bond motifs is 1. The second-order valence-electron chi connectivity index (χ2n) is 11.3. The summed E-state index contributed by atoms with van der Waals surface area (Å²) in [6.07, 6.45) is 9.51. The molecule has 2 aromatic heterocycles. The zero-order chi connectivity index (χ0) is 32.7. The molecule has 2 fully saturated rings. The minimum Gasteiger partial charge on any atom is -0.323 e. The van der Waals surface area contributed by atoms with E-state index in [1.165, 1.54) is 22.0 Å². The Kier molecular flexibility index (Phi) is 9.56. The molecule has 0 bridgehead atoms. The van der Waals surface area contributed by atoms with Gasteiger partial charge in [0.1, 0.15) is 0 Å². The normalized spacial score (nSPS) is 21.3. The van der Waals surface area contributed by atoms with Crippen LogP contribution in [-0.4, -0.2) is 49.1 Å². The maximum atomic E-state index is 12.6. The molecule has 2 aliphatic heterocycles. The second-order valence-corrected chi connectivity index (χ2v) is 11.3. The molecule has 2 aromatic carbocycles. The lowest BCUT2D eigenvalue weighted by Crippen LogP contribution is -2.37. The van der Waals surface area contributed by atoms with Gasteiger partial charge < -0.3 is 5.84 Å². The number of imide groups is 2. The summed E-state index contributed by atoms with van der Waals surface area (Å²) in [7, 11) is 0. The quantitative estimate of drug-likeness (QED) is 0.150. The van der Waals surface area contributed by atoms with Crippen LogP contribution in [0.1, 0.15) is 36.1 Å². The van der Waals surface area contributed by atoms with Gasteiger partial charge in [-0.1, -0.05) is 79.7 Å². The van der Waals surface area contributed by atoms with Crippen LogP contribution in [0.2, 0.25) is 0 Å². The first-order valence-electron chi connectivity index (χ1n) is 14.8. The van der Waals surface area contributed by atoms with E-state index in [1.807, 2.05) is 98.8 Å². The van der Waals surface area contributed by atoms with Crippen LogP contribution < -0.4 is 5.84 Å². The highest BCUT2D eigenvalue weighted by Crippen LogP contribution is 2.64. The molecule has 2 atom stereocenters. The van der Waals surface area contributed by atoms with E-state index in [2.05, 4.69) is 15.1 Å². The van der Waals surface area contributed by atoms with Crippen LogP contribution in [0, 0.1) is 11.8 Å². The van der Waals surface area contributed by atoms with Gasteiger partial charge in [0.05, 0.1) is 30.6 Å². The molecule has 4 heterocycles. The SMILES string of the molecule is CC(=NN)c1cccnc1.CC1(c2cccnc2)C2C(=O)N(Cc3ccccc3)C(=O)C21.O=C1C=CC(=O)N1Cc1ccccc1. The first kappa shape index (κ1) is 31.6. The van der Waals surface area contributed by atoms with Gasteiger partial charge in [-0.25, -0.2) is 0 Å². The third kappa shape index (κ3) is 6.66. The minimum atomic E-state index is -0.379. The van der Waals surface area contributed by atoms with Gasteiger partial charge in [0.2, 0.25) is 11.8 Å². The second kappa shape index (κ2) is 13.9. The van der Waals surface area contributed by atoms with E-state index >= 15 is 0 Å². The van der Waals surface area contributed by atoms with Crippen LogP contribution in [0.5, 0.6) is 0 Å². The predicted molar refractivity (Wildman–Crippen MR) is 172 cm³/mol. The lowest BCUT2D eigenvalue weighted by molar-refractivity contribution is -0.143. The summed E-state index contributed by atoms with van der Waals surface area (Å²) < 4.78 is 0. The largest absolute Gasteiger partial charge is 0.323 e. The molecule has 4 aromatic rings. The molecule has 4 amide bonds. The van der Waals surface area contributed by atoms with Crippen molar-refractivity contribution in [3.63, 3.8) is 0 Å². The smallest absolute Gasteiger partial charge is 0.253 e. The summed E-state index contributed by atoms with van der Waals surface area (Å²) in [4.78, 5) is 58.3. The van der Waals surface area contributed by atoms with Gasteiger partial charge in [0.15, 0.2) is 0 Å². The summed E-state index contributed by atoms with van der Waals surface area (Å²) in [5, 5.41) is 3.54. The van der Waals surface area contributed by atoms with Crippen LogP contribution in [0.25, 0.3) is 0 Å². The Morgan fingerprint density at radius 2 is 1.22 bits per heavy atom. The number of piperidine rings is 1. The van der Waals surface area contributed by atoms with E-state index in [-0.39, 0.29) is 40.9 Å². The van der Waals surface area contributed by atoms with Crippen molar-refractivity contribution in [1.29, 1.82) is 0 Å². The molecule has 1 saturated heterocycles. The molecule has 0 radical (unpaired) electrons. The molecule has 10 heteroatoms. The van der Waals surface area contributed by atoms with E-state index in [0.717, 1.165) is 28.0 Å². The summed E-state index contributed by atoms with van der Waals surface area (Å²) in [6, 6.07) is 26.6. The molecule has 3 aliphatic rings. The summed E-state index contributed by atoms with van der Waals surface area (Å²) in [6.45, 7) is 4.56. The van der Waals surface area contributed by atoms with E-state index in [9.17, 15) is 19.2 Å². The number of nitrogens with zero attached hydrogens (tertiary/aromatic N) is 5. The summed E-state index contributed by atoms with van der Waals surface area (Å²) in [5.74, 6) is 4.03. The first-order valence-corrected chi connectivity index (χ1v) is 14.8. The molecule has 10 nitrogen and oxygen atoms in total. The number of hydrazone groups is 1. The van der Waals surface area contributed by atoms with E-state index in [1.54, 1.807) is 24.8 Å². The number of carbonyl (C=O) groups excluding carboxylic acids is 4. The third-order valence-corrected chi connectivity index (χ3v) is 8.40. The van der Waals surface area contributed by atoms with Crippen molar-refractivity contribution in [2.75, 3.05) is 0 Å². The number of carbonyl (C=O) groups is 4. The van der Waals surface area contributed by atoms with Crippen LogP contribution in [-0.2, 0) is 37.7 Å². The molecular weight excluding hydrogens is 580 g/mol. The van der Waals surface area contributed by atoms with Gasteiger partial charge >= 0.3 is 0 Å². The number of hydrogen-bond donors (Lipinski definition) is 1. The van der Waals surface area contributed by atoms with E-state index < -0.39 is 0 Å². The summed E-state index contributed by atoms with van der Waals surface area (Å²) in [5.41, 5.74) is 4.30. The molecule has 1 saturated carbocycles. The van der Waals surface area contributed by atoms with Gasteiger partial charge in [-0.05, 0) is 35.7 Å². The lowest BCUT2D eigenvalue weighted by atomic mass is 9.93. The van der Waals surface area contributed by atoms with Crippen molar-refractivity contribution in [3.05, 3.63) is 144 Å². The van der Waals surface area contributed by atoms with Gasteiger partial charge in [-0.2, -0.15) is 5.10 Å². The van der Waals surface area contributed by atoms with E-state index in [0.29, 0.717) is 13.1 Å². The van der Waals surface area contributed by atoms with Gasteiger partial charge in [0.25, 0.3) is 11.8 Å². The Labute approximate surface area is 267 Å². The fraction of sp³-hybridized carbons (Fsp3) is 0.194.